The van der Waals surface area contributed by atoms with E-state index < -0.39 is 76.4 Å². The van der Waals surface area contributed by atoms with Crippen LogP contribution in [-0.2, 0) is 30.3 Å². The fourth-order valence-electron chi connectivity index (χ4n) is 6.39. The second-order valence-electron chi connectivity index (χ2n) is 11.9. The first-order chi connectivity index (χ1) is 19.1. The van der Waals surface area contributed by atoms with Crippen LogP contribution >= 0.6 is 0 Å². The quantitative estimate of drug-likeness (QED) is 0.407. The molecule has 11 nitrogen and oxygen atoms in total. The summed E-state index contributed by atoms with van der Waals surface area (Å²) in [7, 11) is 0. The van der Waals surface area contributed by atoms with Crippen LogP contribution in [0.4, 0.5) is 10.5 Å². The fourth-order valence-corrected chi connectivity index (χ4v) is 6.39. The molecule has 2 aromatic rings. The highest BCUT2D eigenvalue weighted by molar-refractivity contribution is 6.31. The molecule has 0 heterocycles. The second-order valence-corrected chi connectivity index (χ2v) is 11.9. The molecule has 2 fully saturated rings. The number of aliphatic hydroxyl groups is 1. The number of fused-ring (bicyclic) bond motifs is 3. The highest BCUT2D eigenvalue weighted by Gasteiger charge is 2.66. The summed E-state index contributed by atoms with van der Waals surface area (Å²) in [5, 5.41) is 24.6. The Kier molecular flexibility index (Phi) is 6.61. The van der Waals surface area contributed by atoms with Gasteiger partial charge in [-0.1, -0.05) is 18.2 Å². The van der Waals surface area contributed by atoms with Crippen molar-refractivity contribution in [3.8, 4) is 16.9 Å². The number of aromatic hydroxyl groups is 1. The average molecular weight is 563 g/mol. The van der Waals surface area contributed by atoms with E-state index in [-0.39, 0.29) is 24.2 Å². The molecule has 41 heavy (non-hydrogen) atoms. The van der Waals surface area contributed by atoms with Crippen LogP contribution in [0.1, 0.15) is 49.5 Å². The van der Waals surface area contributed by atoms with Crippen LogP contribution < -0.4 is 11.1 Å². The zero-order valence-corrected chi connectivity index (χ0v) is 22.7. The maximum atomic E-state index is 13.7. The maximum absolute atomic E-state index is 13.7. The van der Waals surface area contributed by atoms with E-state index in [4.69, 9.17) is 10.5 Å². The number of ether oxygens (including phenoxy) is 1. The van der Waals surface area contributed by atoms with Crippen molar-refractivity contribution in [2.24, 2.45) is 29.4 Å². The Balaban J connectivity index is 1.48. The summed E-state index contributed by atoms with van der Waals surface area (Å²) in [6, 6.07) is 9.74. The summed E-state index contributed by atoms with van der Waals surface area (Å²) in [6.07, 6.45) is -0.847. The molecule has 11 heteroatoms. The molecule has 5 N–H and O–H groups in total. The topological polar surface area (TPSA) is 190 Å². The Morgan fingerprint density at radius 1 is 1.00 bits per heavy atom. The molecular weight excluding hydrogens is 532 g/mol. The molecule has 0 aromatic heterocycles. The van der Waals surface area contributed by atoms with Gasteiger partial charge in [0.05, 0.1) is 11.5 Å². The lowest BCUT2D eigenvalue weighted by atomic mass is 9.53. The van der Waals surface area contributed by atoms with Crippen molar-refractivity contribution >= 4 is 40.8 Å². The van der Waals surface area contributed by atoms with Crippen molar-refractivity contribution in [1.29, 1.82) is 0 Å². The van der Waals surface area contributed by atoms with Gasteiger partial charge in [0.25, 0.3) is 0 Å². The van der Waals surface area contributed by atoms with Gasteiger partial charge in [-0.3, -0.25) is 29.3 Å². The lowest BCUT2D eigenvalue weighted by Crippen LogP contribution is -2.68. The molecule has 5 atom stereocenters. The minimum atomic E-state index is -2.69. The van der Waals surface area contributed by atoms with Gasteiger partial charge in [0, 0.05) is 18.0 Å². The van der Waals surface area contributed by atoms with Gasteiger partial charge in [0.2, 0.25) is 5.91 Å². The summed E-state index contributed by atoms with van der Waals surface area (Å²) < 4.78 is 5.26. The minimum absolute atomic E-state index is 0.00882. The van der Waals surface area contributed by atoms with E-state index in [0.717, 1.165) is 0 Å². The molecule has 214 valence electrons. The zero-order chi connectivity index (χ0) is 30.0. The summed E-state index contributed by atoms with van der Waals surface area (Å²) in [6.45, 7) is 5.24. The number of rotatable bonds is 3. The number of amides is 2. The third-order valence-corrected chi connectivity index (χ3v) is 8.13. The van der Waals surface area contributed by atoms with E-state index in [2.05, 4.69) is 5.32 Å². The van der Waals surface area contributed by atoms with Crippen molar-refractivity contribution in [2.45, 2.75) is 51.2 Å². The SMILES string of the molecule is CC(C)(C)OC(=O)Nc1ccc(-c2ccc(O)c3c2C[C@H]2C[C@H]4CC(=O)C(C(N)=O)C(=O)[C@@]4(O)C(=O)C2C3=O)cc1. The number of benzene rings is 2. The maximum Gasteiger partial charge on any atom is 0.412 e. The van der Waals surface area contributed by atoms with Gasteiger partial charge in [-0.15, -0.1) is 0 Å². The van der Waals surface area contributed by atoms with Crippen LogP contribution in [-0.4, -0.2) is 56.5 Å². The van der Waals surface area contributed by atoms with E-state index in [1.165, 1.54) is 6.07 Å². The smallest absolute Gasteiger partial charge is 0.412 e. The lowest BCUT2D eigenvalue weighted by Gasteiger charge is -2.48. The van der Waals surface area contributed by atoms with Crippen LogP contribution in [0.3, 0.4) is 0 Å². The number of hydrogen-bond donors (Lipinski definition) is 4. The Morgan fingerprint density at radius 3 is 2.27 bits per heavy atom. The molecule has 0 spiro atoms. The van der Waals surface area contributed by atoms with Crippen molar-refractivity contribution in [1.82, 2.24) is 0 Å². The first-order valence-electron chi connectivity index (χ1n) is 13.3. The van der Waals surface area contributed by atoms with Gasteiger partial charge in [-0.2, -0.15) is 0 Å². The minimum Gasteiger partial charge on any atom is -0.507 e. The van der Waals surface area contributed by atoms with Crippen LogP contribution in [0.5, 0.6) is 5.75 Å². The summed E-state index contributed by atoms with van der Waals surface area (Å²) in [4.78, 5) is 76.8. The van der Waals surface area contributed by atoms with Gasteiger partial charge >= 0.3 is 6.09 Å². The average Bonchev–Trinajstić information content (AvgIpc) is 2.85. The Bertz CT molecular complexity index is 1520. The molecule has 0 aliphatic heterocycles. The highest BCUT2D eigenvalue weighted by atomic mass is 16.6. The molecule has 2 unspecified atom stereocenters. The molecule has 0 radical (unpaired) electrons. The van der Waals surface area contributed by atoms with Crippen molar-refractivity contribution in [3.05, 3.63) is 47.5 Å². The Labute approximate surface area is 235 Å². The van der Waals surface area contributed by atoms with Crippen LogP contribution in [0.15, 0.2) is 36.4 Å². The number of ketones is 4. The largest absolute Gasteiger partial charge is 0.507 e. The number of nitrogens with one attached hydrogen (secondary N) is 1. The number of carbonyl (C=O) groups excluding carboxylic acids is 6. The number of carbonyl (C=O) groups is 6. The van der Waals surface area contributed by atoms with E-state index in [1.54, 1.807) is 51.1 Å². The first-order valence-corrected chi connectivity index (χ1v) is 13.3. The molecular formula is C30H30N2O9. The number of nitrogens with two attached hydrogens (primary N) is 1. The van der Waals surface area contributed by atoms with E-state index >= 15 is 0 Å². The van der Waals surface area contributed by atoms with E-state index in [1.807, 2.05) is 0 Å². The zero-order valence-electron chi connectivity index (χ0n) is 22.7. The van der Waals surface area contributed by atoms with Crippen molar-refractivity contribution < 1.29 is 43.7 Å². The van der Waals surface area contributed by atoms with Crippen LogP contribution in [0.2, 0.25) is 0 Å². The van der Waals surface area contributed by atoms with Crippen molar-refractivity contribution in [2.75, 3.05) is 5.32 Å². The van der Waals surface area contributed by atoms with E-state index in [9.17, 15) is 39.0 Å². The Morgan fingerprint density at radius 2 is 1.66 bits per heavy atom. The molecule has 2 aromatic carbocycles. The predicted octanol–water partition coefficient (Wildman–Crippen LogP) is 2.34. The van der Waals surface area contributed by atoms with Crippen LogP contribution in [0.25, 0.3) is 11.1 Å². The monoisotopic (exact) mass is 562 g/mol. The lowest BCUT2D eigenvalue weighted by molar-refractivity contribution is -0.175. The molecule has 3 aliphatic carbocycles. The number of phenols is 1. The third-order valence-electron chi connectivity index (χ3n) is 8.13. The molecule has 2 amide bonds. The first kappa shape index (κ1) is 28.2. The molecule has 2 saturated carbocycles. The van der Waals surface area contributed by atoms with Gasteiger partial charge in [0.15, 0.2) is 34.7 Å². The second kappa shape index (κ2) is 9.62. The van der Waals surface area contributed by atoms with Crippen LogP contribution in [0, 0.1) is 23.7 Å². The summed E-state index contributed by atoms with van der Waals surface area (Å²) in [5.74, 6) is -10.6. The highest BCUT2D eigenvalue weighted by Crippen LogP contribution is 2.51. The molecule has 5 rings (SSSR count). The Hall–Kier alpha value is -4.38. The third kappa shape index (κ3) is 4.59. The molecule has 0 bridgehead atoms. The number of primary amides is 1. The number of phenolic OH excluding ortho intramolecular Hbond substituents is 1. The summed E-state index contributed by atoms with van der Waals surface area (Å²) in [5.41, 5.74) is 4.03. The van der Waals surface area contributed by atoms with Gasteiger partial charge in [0.1, 0.15) is 11.4 Å². The van der Waals surface area contributed by atoms with Crippen molar-refractivity contribution in [3.63, 3.8) is 0 Å². The molecule has 0 saturated heterocycles. The fraction of sp³-hybridized carbons (Fsp3) is 0.400. The van der Waals surface area contributed by atoms with E-state index in [0.29, 0.717) is 22.4 Å². The van der Waals surface area contributed by atoms with Gasteiger partial charge in [-0.25, -0.2) is 4.79 Å². The number of Topliss-reactive ketones (excluding diaryl/α,β-unsaturated/α-hetero) is 4. The standard InChI is InChI=1S/C30H30N2O9/c1-29(2,3)41-28(39)32-16-6-4-13(5-7-16)17-8-9-19(33)22-18(17)11-14-10-15-12-20(34)23(27(31)38)26(37)30(15,40)25(36)21(14)24(22)35/h4-9,14-15,21,23,33,40H,10-12H2,1-3H3,(H2,31,38)(H,32,39)/t14-,15+,21?,23?,30+/m1/s1. The normalized spacial score (nSPS) is 27.4. The predicted molar refractivity (Wildman–Crippen MR) is 144 cm³/mol. The summed E-state index contributed by atoms with van der Waals surface area (Å²) >= 11 is 0. The van der Waals surface area contributed by atoms with Gasteiger partial charge in [-0.05, 0) is 74.4 Å². The number of anilines is 1. The number of hydrogen-bond acceptors (Lipinski definition) is 9. The molecule has 3 aliphatic rings. The van der Waals surface area contributed by atoms with Gasteiger partial charge < -0.3 is 20.7 Å².